The van der Waals surface area contributed by atoms with Crippen LogP contribution in [0.15, 0.2) is 60.7 Å². The number of amides is 2. The smallest absolute Gasteiger partial charge is 0.407 e. The molecule has 0 aromatic heterocycles. The number of carbonyl (C=O) groups is 3. The standard InChI is InChI=1S/C28H32N2O5/c1-3-17(2)25(26(31)29-19-10-8-9-18(15-19)27(32)33)30-28(34)35-16-24-22-13-6-4-11-20(22)21-12-5-7-14-23(21)24/h4-8,10-14,17-19,24-25H,3,9,15-16H2,1-2H3,(H,29,31)(H,30,34)(H,32,33)/t17-,18-,19-,25-/m0/s1. The number of carboxylic acids is 1. The second-order valence-corrected chi connectivity index (χ2v) is 9.38. The molecule has 0 bridgehead atoms. The summed E-state index contributed by atoms with van der Waals surface area (Å²) >= 11 is 0. The summed E-state index contributed by atoms with van der Waals surface area (Å²) in [4.78, 5) is 37.2. The van der Waals surface area contributed by atoms with Crippen LogP contribution < -0.4 is 10.6 Å². The lowest BCUT2D eigenvalue weighted by atomic mass is 9.90. The van der Waals surface area contributed by atoms with Gasteiger partial charge in [0.15, 0.2) is 0 Å². The Balaban J connectivity index is 1.40. The minimum atomic E-state index is -0.871. The maximum Gasteiger partial charge on any atom is 0.407 e. The molecule has 2 aromatic rings. The summed E-state index contributed by atoms with van der Waals surface area (Å²) in [5, 5.41) is 14.9. The number of aliphatic carboxylic acids is 1. The summed E-state index contributed by atoms with van der Waals surface area (Å²) in [6.45, 7) is 4.01. The Morgan fingerprint density at radius 3 is 2.29 bits per heavy atom. The van der Waals surface area contributed by atoms with Gasteiger partial charge in [0, 0.05) is 12.0 Å². The molecule has 0 saturated carbocycles. The quantitative estimate of drug-likeness (QED) is 0.488. The largest absolute Gasteiger partial charge is 0.481 e. The Morgan fingerprint density at radius 1 is 1.06 bits per heavy atom. The van der Waals surface area contributed by atoms with Gasteiger partial charge in [-0.05, 0) is 41.0 Å². The summed E-state index contributed by atoms with van der Waals surface area (Å²) in [7, 11) is 0. The molecule has 0 spiro atoms. The third-order valence-electron chi connectivity index (χ3n) is 7.12. The molecule has 0 heterocycles. The number of nitrogens with one attached hydrogen (secondary N) is 2. The molecule has 7 heteroatoms. The highest BCUT2D eigenvalue weighted by Gasteiger charge is 2.32. The van der Waals surface area contributed by atoms with Gasteiger partial charge in [0.25, 0.3) is 0 Å². The number of alkyl carbamates (subject to hydrolysis) is 1. The van der Waals surface area contributed by atoms with E-state index in [0.717, 1.165) is 22.3 Å². The van der Waals surface area contributed by atoms with Gasteiger partial charge in [0.05, 0.1) is 5.92 Å². The normalized spacial score (nSPS) is 20.3. The van der Waals surface area contributed by atoms with Crippen molar-refractivity contribution in [2.24, 2.45) is 11.8 Å². The minimum Gasteiger partial charge on any atom is -0.481 e. The fourth-order valence-corrected chi connectivity index (χ4v) is 4.94. The molecule has 35 heavy (non-hydrogen) atoms. The molecule has 4 rings (SSSR count). The first-order valence-corrected chi connectivity index (χ1v) is 12.2. The molecular weight excluding hydrogens is 444 g/mol. The van der Waals surface area contributed by atoms with Gasteiger partial charge >= 0.3 is 12.1 Å². The van der Waals surface area contributed by atoms with Crippen molar-refractivity contribution in [3.05, 3.63) is 71.8 Å². The van der Waals surface area contributed by atoms with Crippen molar-refractivity contribution in [2.75, 3.05) is 6.61 Å². The fraction of sp³-hybridized carbons (Fsp3) is 0.393. The van der Waals surface area contributed by atoms with Crippen LogP contribution in [0.25, 0.3) is 11.1 Å². The molecule has 7 nitrogen and oxygen atoms in total. The molecule has 0 radical (unpaired) electrons. The van der Waals surface area contributed by atoms with Crippen LogP contribution in [0, 0.1) is 11.8 Å². The second kappa shape index (κ2) is 10.8. The topological polar surface area (TPSA) is 105 Å². The first kappa shape index (κ1) is 24.5. The number of carbonyl (C=O) groups excluding carboxylic acids is 2. The average Bonchev–Trinajstić information content (AvgIpc) is 3.19. The summed E-state index contributed by atoms with van der Waals surface area (Å²) < 4.78 is 5.63. The third-order valence-corrected chi connectivity index (χ3v) is 7.12. The van der Waals surface area contributed by atoms with Crippen LogP contribution in [0.2, 0.25) is 0 Å². The molecule has 184 valence electrons. The number of rotatable bonds is 8. The van der Waals surface area contributed by atoms with E-state index >= 15 is 0 Å². The number of hydrogen-bond donors (Lipinski definition) is 3. The molecule has 0 aliphatic heterocycles. The predicted octanol–water partition coefficient (Wildman–Crippen LogP) is 4.48. The molecule has 2 aliphatic carbocycles. The van der Waals surface area contributed by atoms with Crippen molar-refractivity contribution in [3.8, 4) is 11.1 Å². The summed E-state index contributed by atoms with van der Waals surface area (Å²) in [5.41, 5.74) is 4.54. The molecule has 3 N–H and O–H groups in total. The van der Waals surface area contributed by atoms with Crippen molar-refractivity contribution >= 4 is 18.0 Å². The van der Waals surface area contributed by atoms with Gasteiger partial charge in [0.1, 0.15) is 12.6 Å². The first-order chi connectivity index (χ1) is 16.9. The van der Waals surface area contributed by atoms with E-state index in [-0.39, 0.29) is 30.4 Å². The van der Waals surface area contributed by atoms with Crippen molar-refractivity contribution in [1.29, 1.82) is 0 Å². The lowest BCUT2D eigenvalue weighted by molar-refractivity contribution is -0.142. The number of hydrogen-bond acceptors (Lipinski definition) is 4. The van der Waals surface area contributed by atoms with Crippen molar-refractivity contribution in [2.45, 2.75) is 51.1 Å². The predicted molar refractivity (Wildman–Crippen MR) is 133 cm³/mol. The number of ether oxygens (including phenoxy) is 1. The van der Waals surface area contributed by atoms with E-state index < -0.39 is 24.0 Å². The van der Waals surface area contributed by atoms with E-state index in [0.29, 0.717) is 19.3 Å². The zero-order chi connectivity index (χ0) is 24.9. The number of carboxylic acid groups (broad SMARTS) is 1. The van der Waals surface area contributed by atoms with E-state index in [4.69, 9.17) is 4.74 Å². The average molecular weight is 477 g/mol. The summed E-state index contributed by atoms with van der Waals surface area (Å²) in [6, 6.07) is 15.1. The van der Waals surface area contributed by atoms with Crippen molar-refractivity contribution in [3.63, 3.8) is 0 Å². The summed E-state index contributed by atoms with van der Waals surface area (Å²) in [5.74, 6) is -1.93. The number of fused-ring (bicyclic) bond motifs is 3. The highest BCUT2D eigenvalue weighted by molar-refractivity contribution is 5.86. The van der Waals surface area contributed by atoms with E-state index in [9.17, 15) is 19.5 Å². The maximum absolute atomic E-state index is 13.0. The molecule has 0 unspecified atom stereocenters. The molecule has 2 amide bonds. The Bertz CT molecular complexity index is 1080. The second-order valence-electron chi connectivity index (χ2n) is 9.38. The van der Waals surface area contributed by atoms with Crippen LogP contribution >= 0.6 is 0 Å². The fourth-order valence-electron chi connectivity index (χ4n) is 4.94. The molecule has 2 aliphatic rings. The van der Waals surface area contributed by atoms with E-state index in [2.05, 4.69) is 34.9 Å². The molecular formula is C28H32N2O5. The van der Waals surface area contributed by atoms with E-state index in [1.807, 2.05) is 44.2 Å². The number of allylic oxidation sites excluding steroid dienone is 1. The van der Waals surface area contributed by atoms with Gasteiger partial charge < -0.3 is 20.5 Å². The monoisotopic (exact) mass is 476 g/mol. The molecule has 2 aromatic carbocycles. The minimum absolute atomic E-state index is 0.0654. The van der Waals surface area contributed by atoms with Gasteiger partial charge in [-0.2, -0.15) is 0 Å². The highest BCUT2D eigenvalue weighted by Crippen LogP contribution is 2.44. The summed E-state index contributed by atoms with van der Waals surface area (Å²) in [6.07, 6.45) is 4.42. The van der Waals surface area contributed by atoms with Crippen LogP contribution in [0.5, 0.6) is 0 Å². The van der Waals surface area contributed by atoms with Crippen LogP contribution in [0.4, 0.5) is 4.79 Å². The van der Waals surface area contributed by atoms with Crippen molar-refractivity contribution < 1.29 is 24.2 Å². The first-order valence-electron chi connectivity index (χ1n) is 12.2. The van der Waals surface area contributed by atoms with Gasteiger partial charge in [-0.25, -0.2) is 4.79 Å². The Labute approximate surface area is 205 Å². The number of benzene rings is 2. The lowest BCUT2D eigenvalue weighted by Gasteiger charge is -2.28. The van der Waals surface area contributed by atoms with Crippen LogP contribution in [0.3, 0.4) is 0 Å². The van der Waals surface area contributed by atoms with Gasteiger partial charge in [0.2, 0.25) is 5.91 Å². The lowest BCUT2D eigenvalue weighted by Crippen LogP contribution is -2.53. The Hall–Kier alpha value is -3.61. The zero-order valence-electron chi connectivity index (χ0n) is 20.1. The van der Waals surface area contributed by atoms with Crippen LogP contribution in [0.1, 0.15) is 50.2 Å². The molecule has 0 saturated heterocycles. The van der Waals surface area contributed by atoms with E-state index in [1.165, 1.54) is 0 Å². The van der Waals surface area contributed by atoms with Gasteiger partial charge in [-0.1, -0.05) is 81.0 Å². The van der Waals surface area contributed by atoms with Gasteiger partial charge in [-0.15, -0.1) is 0 Å². The molecule has 4 atom stereocenters. The van der Waals surface area contributed by atoms with Crippen molar-refractivity contribution in [1.82, 2.24) is 10.6 Å². The zero-order valence-corrected chi connectivity index (χ0v) is 20.1. The molecule has 0 fully saturated rings. The SMILES string of the molecule is CC[C@H](C)[C@H](NC(=O)OCC1c2ccccc2-c2ccccc21)C(=O)N[C@H]1C=CC[C@H](C(=O)O)C1. The maximum atomic E-state index is 13.0. The Morgan fingerprint density at radius 2 is 1.69 bits per heavy atom. The highest BCUT2D eigenvalue weighted by atomic mass is 16.5. The van der Waals surface area contributed by atoms with Crippen LogP contribution in [-0.4, -0.2) is 41.8 Å². The van der Waals surface area contributed by atoms with Crippen LogP contribution in [-0.2, 0) is 14.3 Å². The Kier molecular flexibility index (Phi) is 7.54. The third kappa shape index (κ3) is 5.39. The van der Waals surface area contributed by atoms with E-state index in [1.54, 1.807) is 6.08 Å². The van der Waals surface area contributed by atoms with Gasteiger partial charge in [-0.3, -0.25) is 9.59 Å².